The molecule has 0 saturated heterocycles. The zero-order valence-corrected chi connectivity index (χ0v) is 17.4. The number of carbonyl (C=O) groups is 1. The first kappa shape index (κ1) is 21.5. The number of hydrogen-bond acceptors (Lipinski definition) is 4. The van der Waals surface area contributed by atoms with Gasteiger partial charge in [0.15, 0.2) is 0 Å². The molecule has 3 rings (SSSR count). The Bertz CT molecular complexity index is 947. The molecule has 29 heavy (non-hydrogen) atoms. The second kappa shape index (κ2) is 9.09. The number of sulfonamides is 1. The van der Waals surface area contributed by atoms with Crippen LogP contribution in [0.25, 0.3) is 0 Å². The minimum Gasteiger partial charge on any atom is -0.456 e. The van der Waals surface area contributed by atoms with E-state index in [0.29, 0.717) is 0 Å². The summed E-state index contributed by atoms with van der Waals surface area (Å²) in [6, 6.07) is 13.3. The molecule has 0 bridgehead atoms. The molecule has 2 atom stereocenters. The summed E-state index contributed by atoms with van der Waals surface area (Å²) in [6.07, 6.45) is 6.47. The van der Waals surface area contributed by atoms with Crippen LogP contribution in [-0.2, 0) is 19.6 Å². The number of rotatable bonds is 7. The van der Waals surface area contributed by atoms with Gasteiger partial charge < -0.3 is 4.74 Å². The summed E-state index contributed by atoms with van der Waals surface area (Å²) in [5.41, 5.74) is 2.62. The molecule has 0 aromatic heterocycles. The molecule has 1 N–H and O–H groups in total. The van der Waals surface area contributed by atoms with E-state index in [1.165, 1.54) is 6.92 Å². The second-order valence-electron chi connectivity index (χ2n) is 7.02. The van der Waals surface area contributed by atoms with Gasteiger partial charge in [0.25, 0.3) is 0 Å². The number of esters is 1. The third-order valence-electron chi connectivity index (χ3n) is 4.75. The van der Waals surface area contributed by atoms with Crippen molar-refractivity contribution in [3.63, 3.8) is 0 Å². The first-order valence-corrected chi connectivity index (χ1v) is 10.8. The number of hydrogen-bond donors (Lipinski definition) is 1. The van der Waals surface area contributed by atoms with Gasteiger partial charge >= 0.3 is 5.97 Å². The third kappa shape index (κ3) is 5.25. The summed E-state index contributed by atoms with van der Waals surface area (Å²) in [7, 11) is -3.85. The van der Waals surface area contributed by atoms with Gasteiger partial charge in [-0.3, -0.25) is 4.79 Å². The van der Waals surface area contributed by atoms with Crippen LogP contribution in [0.4, 0.5) is 0 Å². The van der Waals surface area contributed by atoms with Gasteiger partial charge in [-0.15, -0.1) is 0 Å². The lowest BCUT2D eigenvalue weighted by Gasteiger charge is -2.32. The lowest BCUT2D eigenvalue weighted by atomic mass is 9.88. The SMILES string of the molecule is CC(=O)O[C@H](c1ccccc1C)[C@@H](NS(=O)(=O)c1ccc(C)cc1)[C]1[CH][CH][CH][CH]1. The van der Waals surface area contributed by atoms with Gasteiger partial charge in [0.2, 0.25) is 10.0 Å². The van der Waals surface area contributed by atoms with Crippen LogP contribution in [-0.4, -0.2) is 20.4 Å². The standard InChI is InChI=1S/C23H24NO4S/c1-16-12-14-20(15-13-16)29(26,27)24-22(19-9-5-6-10-19)23(28-18(3)25)21-11-7-4-8-17(21)2/h4-15,22-24H,1-3H3/t22-,23+/m0/s1. The van der Waals surface area contributed by atoms with Crippen molar-refractivity contribution in [3.05, 3.63) is 96.8 Å². The molecule has 0 spiro atoms. The van der Waals surface area contributed by atoms with Gasteiger partial charge in [0.1, 0.15) is 6.10 Å². The molecule has 0 amide bonds. The minimum absolute atomic E-state index is 0.158. The van der Waals surface area contributed by atoms with Crippen molar-refractivity contribution < 1.29 is 17.9 Å². The van der Waals surface area contributed by atoms with E-state index in [9.17, 15) is 13.2 Å². The summed E-state index contributed by atoms with van der Waals surface area (Å²) in [5.74, 6) is 0.236. The molecule has 0 heterocycles. The van der Waals surface area contributed by atoms with Crippen LogP contribution >= 0.6 is 0 Å². The minimum atomic E-state index is -3.85. The van der Waals surface area contributed by atoms with Gasteiger partial charge in [0.05, 0.1) is 10.9 Å². The maximum atomic E-state index is 13.1. The molecule has 2 aromatic rings. The third-order valence-corrected chi connectivity index (χ3v) is 6.21. The lowest BCUT2D eigenvalue weighted by molar-refractivity contribution is -0.147. The van der Waals surface area contributed by atoms with Gasteiger partial charge in [0, 0.05) is 12.8 Å². The van der Waals surface area contributed by atoms with Gasteiger partial charge in [-0.1, -0.05) is 42.0 Å². The number of benzene rings is 2. The van der Waals surface area contributed by atoms with Gasteiger partial charge in [-0.2, -0.15) is 0 Å². The zero-order chi connectivity index (χ0) is 21.0. The Labute approximate surface area is 173 Å². The summed E-state index contributed by atoms with van der Waals surface area (Å²) in [5, 5.41) is 0. The maximum Gasteiger partial charge on any atom is 0.303 e. The fourth-order valence-corrected chi connectivity index (χ4v) is 4.47. The zero-order valence-electron chi connectivity index (χ0n) is 16.6. The first-order valence-electron chi connectivity index (χ1n) is 9.31. The van der Waals surface area contributed by atoms with Crippen LogP contribution in [0.1, 0.15) is 29.7 Å². The molecular weight excluding hydrogens is 386 g/mol. The summed E-state index contributed by atoms with van der Waals surface area (Å²) >= 11 is 0. The van der Waals surface area contributed by atoms with E-state index in [4.69, 9.17) is 4.74 Å². The van der Waals surface area contributed by atoms with Crippen LogP contribution in [0.3, 0.4) is 0 Å². The van der Waals surface area contributed by atoms with E-state index in [0.717, 1.165) is 22.6 Å². The Balaban J connectivity index is 2.01. The smallest absolute Gasteiger partial charge is 0.303 e. The Morgan fingerprint density at radius 3 is 2.17 bits per heavy atom. The molecule has 151 valence electrons. The normalized spacial score (nSPS) is 17.1. The van der Waals surface area contributed by atoms with E-state index < -0.39 is 28.1 Å². The summed E-state index contributed by atoms with van der Waals surface area (Å²) in [6.45, 7) is 5.12. The largest absolute Gasteiger partial charge is 0.456 e. The first-order chi connectivity index (χ1) is 13.8. The Morgan fingerprint density at radius 1 is 0.966 bits per heavy atom. The molecule has 1 fully saturated rings. The quantitative estimate of drug-likeness (QED) is 0.707. The number of nitrogens with one attached hydrogen (secondary N) is 1. The molecule has 0 unspecified atom stereocenters. The highest BCUT2D eigenvalue weighted by molar-refractivity contribution is 7.89. The van der Waals surface area contributed by atoms with E-state index >= 15 is 0 Å². The number of carbonyl (C=O) groups excluding carboxylic acids is 1. The van der Waals surface area contributed by atoms with Crippen LogP contribution in [0.15, 0.2) is 53.4 Å². The Morgan fingerprint density at radius 2 is 1.59 bits per heavy atom. The van der Waals surface area contributed by atoms with Crippen molar-refractivity contribution in [1.29, 1.82) is 0 Å². The fourth-order valence-electron chi connectivity index (χ4n) is 3.25. The number of ether oxygens (including phenoxy) is 1. The molecule has 6 heteroatoms. The molecule has 5 radical (unpaired) electrons. The fraction of sp³-hybridized carbons (Fsp3) is 0.217. The van der Waals surface area contributed by atoms with E-state index in [1.807, 2.05) is 63.8 Å². The van der Waals surface area contributed by atoms with Crippen molar-refractivity contribution in [2.75, 3.05) is 0 Å². The van der Waals surface area contributed by atoms with E-state index in [2.05, 4.69) is 4.72 Å². The highest BCUT2D eigenvalue weighted by Crippen LogP contribution is 2.37. The summed E-state index contributed by atoms with van der Waals surface area (Å²) in [4.78, 5) is 12.0. The van der Waals surface area contributed by atoms with Crippen LogP contribution in [0.2, 0.25) is 0 Å². The van der Waals surface area contributed by atoms with Crippen molar-refractivity contribution in [2.45, 2.75) is 37.8 Å². The van der Waals surface area contributed by atoms with E-state index in [1.54, 1.807) is 24.3 Å². The average Bonchev–Trinajstić information content (AvgIpc) is 3.20. The second-order valence-corrected chi connectivity index (χ2v) is 8.73. The lowest BCUT2D eigenvalue weighted by Crippen LogP contribution is -2.44. The molecule has 0 aliphatic heterocycles. The number of aryl methyl sites for hydroxylation is 2. The van der Waals surface area contributed by atoms with Crippen molar-refractivity contribution >= 4 is 16.0 Å². The average molecular weight is 411 g/mol. The van der Waals surface area contributed by atoms with Crippen LogP contribution in [0.5, 0.6) is 0 Å². The van der Waals surface area contributed by atoms with Gasteiger partial charge in [-0.25, -0.2) is 13.1 Å². The topological polar surface area (TPSA) is 72.5 Å². The maximum absolute atomic E-state index is 13.1. The van der Waals surface area contributed by atoms with Gasteiger partial charge in [-0.05, 0) is 62.8 Å². The Hall–Kier alpha value is -2.18. The monoisotopic (exact) mass is 410 g/mol. The molecule has 1 saturated carbocycles. The van der Waals surface area contributed by atoms with Crippen molar-refractivity contribution in [3.8, 4) is 0 Å². The van der Waals surface area contributed by atoms with Crippen LogP contribution < -0.4 is 4.72 Å². The van der Waals surface area contributed by atoms with Crippen molar-refractivity contribution in [1.82, 2.24) is 4.72 Å². The molecule has 1 aliphatic rings. The molecular formula is C23H24NO4S. The predicted octanol–water partition coefficient (Wildman–Crippen LogP) is 3.66. The van der Waals surface area contributed by atoms with E-state index in [-0.39, 0.29) is 4.90 Å². The molecule has 2 aromatic carbocycles. The highest BCUT2D eigenvalue weighted by Gasteiger charge is 2.39. The highest BCUT2D eigenvalue weighted by atomic mass is 32.2. The molecule has 5 nitrogen and oxygen atoms in total. The van der Waals surface area contributed by atoms with Crippen LogP contribution in [0, 0.1) is 45.4 Å². The Kier molecular flexibility index (Phi) is 6.75. The van der Waals surface area contributed by atoms with Crippen molar-refractivity contribution in [2.24, 2.45) is 0 Å². The predicted molar refractivity (Wildman–Crippen MR) is 111 cm³/mol. The summed E-state index contributed by atoms with van der Waals surface area (Å²) < 4.78 is 34.6. The molecule has 1 aliphatic carbocycles.